The second-order valence-electron chi connectivity index (χ2n) is 5.05. The quantitative estimate of drug-likeness (QED) is 0.678. The van der Waals surface area contributed by atoms with Crippen molar-refractivity contribution in [2.75, 3.05) is 6.54 Å². The molecule has 1 atom stereocenters. The van der Waals surface area contributed by atoms with Crippen LogP contribution in [0.1, 0.15) is 30.1 Å². The molecular formula is C16H17NO4. The van der Waals surface area contributed by atoms with Gasteiger partial charge in [0.05, 0.1) is 0 Å². The number of ketones is 1. The zero-order valence-corrected chi connectivity index (χ0v) is 11.8. The van der Waals surface area contributed by atoms with Crippen LogP contribution in [0.3, 0.4) is 0 Å². The highest BCUT2D eigenvalue weighted by Gasteiger charge is 2.34. The van der Waals surface area contributed by atoms with E-state index in [1.807, 2.05) is 0 Å². The summed E-state index contributed by atoms with van der Waals surface area (Å²) in [5, 5.41) is 9.09. The van der Waals surface area contributed by atoms with Crippen molar-refractivity contribution in [2.45, 2.75) is 25.8 Å². The van der Waals surface area contributed by atoms with Crippen LogP contribution in [0.15, 0.2) is 42.0 Å². The molecule has 1 aromatic rings. The normalized spacial score (nSPS) is 18.6. The Labute approximate surface area is 122 Å². The maximum Gasteiger partial charge on any atom is 0.326 e. The molecule has 0 aliphatic carbocycles. The van der Waals surface area contributed by atoms with Crippen molar-refractivity contribution in [3.63, 3.8) is 0 Å². The fraction of sp³-hybridized carbons (Fsp3) is 0.312. The van der Waals surface area contributed by atoms with Crippen LogP contribution in [-0.4, -0.2) is 40.3 Å². The number of carbonyl (C=O) groups excluding carboxylic acids is 2. The molecule has 5 heteroatoms. The van der Waals surface area contributed by atoms with Gasteiger partial charge in [-0.05, 0) is 25.8 Å². The van der Waals surface area contributed by atoms with Crippen LogP contribution in [0.25, 0.3) is 0 Å². The monoisotopic (exact) mass is 287 g/mol. The van der Waals surface area contributed by atoms with Crippen LogP contribution in [0.4, 0.5) is 0 Å². The zero-order valence-electron chi connectivity index (χ0n) is 11.8. The molecule has 0 spiro atoms. The van der Waals surface area contributed by atoms with Crippen molar-refractivity contribution in [1.82, 2.24) is 4.90 Å². The van der Waals surface area contributed by atoms with Gasteiger partial charge >= 0.3 is 5.97 Å². The number of benzene rings is 1. The molecule has 1 aliphatic rings. The van der Waals surface area contributed by atoms with Gasteiger partial charge in [-0.1, -0.05) is 30.3 Å². The zero-order chi connectivity index (χ0) is 15.4. The van der Waals surface area contributed by atoms with Crippen molar-refractivity contribution in [3.05, 3.63) is 47.5 Å². The Balaban J connectivity index is 2.14. The number of carbonyl (C=O) groups is 3. The van der Waals surface area contributed by atoms with Gasteiger partial charge in [-0.15, -0.1) is 0 Å². The smallest absolute Gasteiger partial charge is 0.326 e. The van der Waals surface area contributed by atoms with Crippen LogP contribution in [0, 0.1) is 0 Å². The van der Waals surface area contributed by atoms with E-state index in [2.05, 4.69) is 0 Å². The number of allylic oxidation sites excluding steroid dienone is 1. The third-order valence-corrected chi connectivity index (χ3v) is 3.54. The number of rotatable bonds is 4. The summed E-state index contributed by atoms with van der Waals surface area (Å²) in [6.07, 6.45) is 2.40. The average Bonchev–Trinajstić information content (AvgIpc) is 2.96. The number of carboxylic acids is 1. The minimum Gasteiger partial charge on any atom is -0.480 e. The number of hydrogen-bond acceptors (Lipinski definition) is 3. The summed E-state index contributed by atoms with van der Waals surface area (Å²) in [6.45, 7) is 1.96. The lowest BCUT2D eigenvalue weighted by Gasteiger charge is -2.21. The number of nitrogens with zero attached hydrogens (tertiary/aromatic N) is 1. The first-order chi connectivity index (χ1) is 10.0. The molecule has 1 heterocycles. The van der Waals surface area contributed by atoms with E-state index in [1.165, 1.54) is 11.0 Å². The van der Waals surface area contributed by atoms with Crippen molar-refractivity contribution in [2.24, 2.45) is 0 Å². The number of hydrogen-bond donors (Lipinski definition) is 1. The second kappa shape index (κ2) is 6.35. The number of aliphatic carboxylic acids is 1. The number of likely N-dealkylation sites (tertiary alicyclic amines) is 1. The van der Waals surface area contributed by atoms with Crippen molar-refractivity contribution < 1.29 is 19.5 Å². The van der Waals surface area contributed by atoms with Gasteiger partial charge in [-0.25, -0.2) is 4.79 Å². The molecule has 21 heavy (non-hydrogen) atoms. The minimum atomic E-state index is -0.997. The Hall–Kier alpha value is -2.43. The van der Waals surface area contributed by atoms with Gasteiger partial charge in [0.1, 0.15) is 6.04 Å². The van der Waals surface area contributed by atoms with Gasteiger partial charge < -0.3 is 10.0 Å². The van der Waals surface area contributed by atoms with E-state index in [4.69, 9.17) is 5.11 Å². The molecule has 2 rings (SSSR count). The van der Waals surface area contributed by atoms with Gasteiger partial charge in [-0.2, -0.15) is 0 Å². The van der Waals surface area contributed by atoms with Gasteiger partial charge in [0, 0.05) is 17.7 Å². The fourth-order valence-corrected chi connectivity index (χ4v) is 2.44. The van der Waals surface area contributed by atoms with Crippen LogP contribution in [-0.2, 0) is 9.59 Å². The predicted octanol–water partition coefficient (Wildman–Crippen LogP) is 1.89. The standard InChI is InChI=1S/C16H17NO4/c1-11(10-14(18)12-6-3-2-4-7-12)15(19)17-9-5-8-13(17)16(20)21/h2-4,6-7,10,13H,5,8-9H2,1H3,(H,20,21)/b11-10+/t13-/m0/s1. The molecule has 0 bridgehead atoms. The van der Waals surface area contributed by atoms with Crippen LogP contribution >= 0.6 is 0 Å². The summed E-state index contributed by atoms with van der Waals surface area (Å²) >= 11 is 0. The Bertz CT molecular complexity index is 592. The maximum atomic E-state index is 12.3. The molecule has 1 fully saturated rings. The highest BCUT2D eigenvalue weighted by atomic mass is 16.4. The molecule has 1 amide bonds. The summed E-state index contributed by atoms with van der Waals surface area (Å²) in [7, 11) is 0. The van der Waals surface area contributed by atoms with E-state index in [0.29, 0.717) is 24.9 Å². The Morgan fingerprint density at radius 1 is 1.24 bits per heavy atom. The summed E-state index contributed by atoms with van der Waals surface area (Å²) in [4.78, 5) is 36.7. The molecule has 110 valence electrons. The van der Waals surface area contributed by atoms with Gasteiger partial charge in [0.2, 0.25) is 5.91 Å². The highest BCUT2D eigenvalue weighted by molar-refractivity contribution is 6.09. The summed E-state index contributed by atoms with van der Waals surface area (Å²) in [5.74, 6) is -1.64. The van der Waals surface area contributed by atoms with Gasteiger partial charge in [0.15, 0.2) is 5.78 Å². The van der Waals surface area contributed by atoms with Crippen molar-refractivity contribution >= 4 is 17.7 Å². The fourth-order valence-electron chi connectivity index (χ4n) is 2.44. The molecule has 1 saturated heterocycles. The summed E-state index contributed by atoms with van der Waals surface area (Å²) in [6, 6.07) is 7.87. The van der Waals surface area contributed by atoms with Crippen LogP contribution in [0.5, 0.6) is 0 Å². The lowest BCUT2D eigenvalue weighted by atomic mass is 10.1. The molecule has 1 N–H and O–H groups in total. The topological polar surface area (TPSA) is 74.7 Å². The van der Waals surface area contributed by atoms with E-state index in [-0.39, 0.29) is 17.3 Å². The SMILES string of the molecule is C/C(=C\C(=O)c1ccccc1)C(=O)N1CCC[C@H]1C(=O)O. The molecule has 5 nitrogen and oxygen atoms in total. The lowest BCUT2D eigenvalue weighted by Crippen LogP contribution is -2.40. The van der Waals surface area contributed by atoms with E-state index in [9.17, 15) is 14.4 Å². The van der Waals surface area contributed by atoms with E-state index < -0.39 is 12.0 Å². The average molecular weight is 287 g/mol. The molecule has 0 saturated carbocycles. The number of carboxylic acid groups (broad SMARTS) is 1. The first-order valence-corrected chi connectivity index (χ1v) is 6.82. The lowest BCUT2D eigenvalue weighted by molar-refractivity contribution is -0.146. The van der Waals surface area contributed by atoms with E-state index in [0.717, 1.165) is 0 Å². The first-order valence-electron chi connectivity index (χ1n) is 6.82. The molecule has 1 aromatic carbocycles. The Morgan fingerprint density at radius 3 is 2.52 bits per heavy atom. The molecule has 0 aromatic heterocycles. The minimum absolute atomic E-state index is 0.257. The van der Waals surface area contributed by atoms with Gasteiger partial charge in [-0.3, -0.25) is 9.59 Å². The summed E-state index contributed by atoms with van der Waals surface area (Å²) in [5.41, 5.74) is 0.762. The van der Waals surface area contributed by atoms with Crippen LogP contribution < -0.4 is 0 Å². The van der Waals surface area contributed by atoms with Crippen molar-refractivity contribution in [1.29, 1.82) is 0 Å². The Morgan fingerprint density at radius 2 is 1.90 bits per heavy atom. The molecule has 0 radical (unpaired) electrons. The van der Waals surface area contributed by atoms with Crippen molar-refractivity contribution in [3.8, 4) is 0 Å². The largest absolute Gasteiger partial charge is 0.480 e. The molecule has 1 aliphatic heterocycles. The molecular weight excluding hydrogens is 270 g/mol. The third-order valence-electron chi connectivity index (χ3n) is 3.54. The number of amides is 1. The predicted molar refractivity (Wildman–Crippen MR) is 76.9 cm³/mol. The van der Waals surface area contributed by atoms with E-state index in [1.54, 1.807) is 37.3 Å². The Kier molecular flexibility index (Phi) is 4.52. The second-order valence-corrected chi connectivity index (χ2v) is 5.05. The van der Waals surface area contributed by atoms with E-state index >= 15 is 0 Å². The van der Waals surface area contributed by atoms with Gasteiger partial charge in [0.25, 0.3) is 0 Å². The maximum absolute atomic E-state index is 12.3. The molecule has 0 unspecified atom stereocenters. The highest BCUT2D eigenvalue weighted by Crippen LogP contribution is 2.20. The van der Waals surface area contributed by atoms with Crippen LogP contribution in [0.2, 0.25) is 0 Å². The first kappa shape index (κ1) is 15.0. The summed E-state index contributed by atoms with van der Waals surface area (Å²) < 4.78 is 0. The third kappa shape index (κ3) is 3.37.